The Morgan fingerprint density at radius 3 is 2.93 bits per heavy atom. The molecule has 1 saturated heterocycles. The number of amides is 1. The quantitative estimate of drug-likeness (QED) is 0.596. The lowest BCUT2D eigenvalue weighted by molar-refractivity contribution is -0.140. The van der Waals surface area contributed by atoms with Crippen molar-refractivity contribution < 1.29 is 14.3 Å². The fourth-order valence-corrected chi connectivity index (χ4v) is 1.42. The second kappa shape index (κ2) is 5.59. The molecular weight excluding hydrogens is 184 g/mol. The Bertz CT molecular complexity index is 212. The van der Waals surface area contributed by atoms with Gasteiger partial charge in [0.25, 0.3) is 0 Å². The van der Waals surface area contributed by atoms with Gasteiger partial charge in [-0.1, -0.05) is 0 Å². The van der Waals surface area contributed by atoms with Crippen molar-refractivity contribution in [2.75, 3.05) is 20.2 Å². The molecule has 2 N–H and O–H groups in total. The van der Waals surface area contributed by atoms with Crippen LogP contribution in [0.5, 0.6) is 0 Å². The molecule has 0 spiro atoms. The van der Waals surface area contributed by atoms with E-state index in [-0.39, 0.29) is 24.3 Å². The van der Waals surface area contributed by atoms with Crippen LogP contribution < -0.4 is 10.6 Å². The first-order valence-corrected chi connectivity index (χ1v) is 4.82. The second-order valence-corrected chi connectivity index (χ2v) is 3.27. The number of methoxy groups -OCH3 is 1. The van der Waals surface area contributed by atoms with Gasteiger partial charge in [-0.2, -0.15) is 0 Å². The Balaban J connectivity index is 2.11. The summed E-state index contributed by atoms with van der Waals surface area (Å²) < 4.78 is 4.45. The molecule has 1 amide bonds. The maximum absolute atomic E-state index is 11.4. The molecule has 1 aliphatic heterocycles. The van der Waals surface area contributed by atoms with Crippen LogP contribution in [0.2, 0.25) is 0 Å². The van der Waals surface area contributed by atoms with Crippen molar-refractivity contribution in [3.05, 3.63) is 0 Å². The van der Waals surface area contributed by atoms with Gasteiger partial charge in [-0.25, -0.2) is 0 Å². The molecule has 0 bridgehead atoms. The van der Waals surface area contributed by atoms with Crippen molar-refractivity contribution >= 4 is 11.9 Å². The van der Waals surface area contributed by atoms with Crippen molar-refractivity contribution in [1.29, 1.82) is 0 Å². The first-order valence-electron chi connectivity index (χ1n) is 4.82. The van der Waals surface area contributed by atoms with Gasteiger partial charge >= 0.3 is 5.97 Å². The smallest absolute Gasteiger partial charge is 0.307 e. The molecule has 0 aromatic heterocycles. The van der Waals surface area contributed by atoms with E-state index >= 15 is 0 Å². The Morgan fingerprint density at radius 2 is 2.36 bits per heavy atom. The monoisotopic (exact) mass is 200 g/mol. The SMILES string of the molecule is COC(=O)CCNC(=O)[C@@H]1CCCN1. The van der Waals surface area contributed by atoms with Gasteiger partial charge in [0.05, 0.1) is 19.6 Å². The van der Waals surface area contributed by atoms with Gasteiger partial charge in [0.2, 0.25) is 5.91 Å². The highest BCUT2D eigenvalue weighted by Gasteiger charge is 2.21. The lowest BCUT2D eigenvalue weighted by Crippen LogP contribution is -2.41. The molecule has 0 aromatic carbocycles. The first-order chi connectivity index (χ1) is 6.74. The predicted molar refractivity (Wildman–Crippen MR) is 50.7 cm³/mol. The van der Waals surface area contributed by atoms with Gasteiger partial charge in [0.1, 0.15) is 0 Å². The number of hydrogen-bond acceptors (Lipinski definition) is 4. The summed E-state index contributed by atoms with van der Waals surface area (Å²) in [5, 5.41) is 5.77. The van der Waals surface area contributed by atoms with Crippen molar-refractivity contribution in [1.82, 2.24) is 10.6 Å². The van der Waals surface area contributed by atoms with Crippen molar-refractivity contribution in [3.63, 3.8) is 0 Å². The third-order valence-electron chi connectivity index (χ3n) is 2.23. The molecule has 0 unspecified atom stereocenters. The van der Waals surface area contributed by atoms with E-state index in [1.807, 2.05) is 0 Å². The minimum absolute atomic E-state index is 0.0218. The third-order valence-corrected chi connectivity index (χ3v) is 2.23. The molecule has 5 heteroatoms. The van der Waals surface area contributed by atoms with Crippen LogP contribution in [0.4, 0.5) is 0 Å². The van der Waals surface area contributed by atoms with Crippen LogP contribution in [0, 0.1) is 0 Å². The number of esters is 1. The second-order valence-electron chi connectivity index (χ2n) is 3.27. The van der Waals surface area contributed by atoms with E-state index in [2.05, 4.69) is 15.4 Å². The Morgan fingerprint density at radius 1 is 1.57 bits per heavy atom. The molecule has 0 aliphatic carbocycles. The van der Waals surface area contributed by atoms with Gasteiger partial charge in [-0.15, -0.1) is 0 Å². The minimum atomic E-state index is -0.301. The molecular formula is C9H16N2O3. The number of rotatable bonds is 4. The number of carbonyl (C=O) groups excluding carboxylic acids is 2. The zero-order valence-electron chi connectivity index (χ0n) is 8.34. The molecule has 0 aromatic rings. The summed E-state index contributed by atoms with van der Waals surface area (Å²) in [6.07, 6.45) is 2.15. The van der Waals surface area contributed by atoms with E-state index < -0.39 is 0 Å². The third kappa shape index (κ3) is 3.33. The highest BCUT2D eigenvalue weighted by atomic mass is 16.5. The van der Waals surface area contributed by atoms with Crippen LogP contribution in [0.25, 0.3) is 0 Å². The highest BCUT2D eigenvalue weighted by Crippen LogP contribution is 2.04. The lowest BCUT2D eigenvalue weighted by atomic mass is 10.2. The molecule has 1 rings (SSSR count). The number of carbonyl (C=O) groups is 2. The van der Waals surface area contributed by atoms with E-state index in [4.69, 9.17) is 0 Å². The van der Waals surface area contributed by atoms with Gasteiger partial charge in [0, 0.05) is 6.54 Å². The van der Waals surface area contributed by atoms with Crippen LogP contribution in [0.15, 0.2) is 0 Å². The van der Waals surface area contributed by atoms with E-state index in [0.29, 0.717) is 6.54 Å². The van der Waals surface area contributed by atoms with Crippen LogP contribution in [-0.2, 0) is 14.3 Å². The Hall–Kier alpha value is -1.10. The van der Waals surface area contributed by atoms with Crippen LogP contribution in [0.1, 0.15) is 19.3 Å². The summed E-state index contributed by atoms with van der Waals surface area (Å²) >= 11 is 0. The van der Waals surface area contributed by atoms with Gasteiger partial charge in [0.15, 0.2) is 0 Å². The van der Waals surface area contributed by atoms with Gasteiger partial charge in [-0.3, -0.25) is 9.59 Å². The molecule has 0 saturated carbocycles. The van der Waals surface area contributed by atoms with E-state index in [1.54, 1.807) is 0 Å². The van der Waals surface area contributed by atoms with Crippen LogP contribution >= 0.6 is 0 Å². The van der Waals surface area contributed by atoms with E-state index in [0.717, 1.165) is 19.4 Å². The summed E-state index contributed by atoms with van der Waals surface area (Å²) in [5.41, 5.74) is 0. The van der Waals surface area contributed by atoms with Crippen LogP contribution in [-0.4, -0.2) is 38.1 Å². The molecule has 1 atom stereocenters. The predicted octanol–water partition coefficient (Wildman–Crippen LogP) is -0.582. The largest absolute Gasteiger partial charge is 0.469 e. The van der Waals surface area contributed by atoms with Gasteiger partial charge < -0.3 is 15.4 Å². The normalized spacial score (nSPS) is 20.5. The fourth-order valence-electron chi connectivity index (χ4n) is 1.42. The summed E-state index contributed by atoms with van der Waals surface area (Å²) in [5.74, 6) is -0.323. The summed E-state index contributed by atoms with van der Waals surface area (Å²) in [6.45, 7) is 1.25. The number of ether oxygens (including phenoxy) is 1. The minimum Gasteiger partial charge on any atom is -0.469 e. The average Bonchev–Trinajstić information content (AvgIpc) is 2.70. The molecule has 5 nitrogen and oxygen atoms in total. The van der Waals surface area contributed by atoms with E-state index in [9.17, 15) is 9.59 Å². The molecule has 1 aliphatic rings. The van der Waals surface area contributed by atoms with Crippen molar-refractivity contribution in [2.45, 2.75) is 25.3 Å². The zero-order valence-corrected chi connectivity index (χ0v) is 8.34. The topological polar surface area (TPSA) is 67.4 Å². The Labute approximate surface area is 83.2 Å². The fraction of sp³-hybridized carbons (Fsp3) is 0.778. The molecule has 0 radical (unpaired) electrons. The highest BCUT2D eigenvalue weighted by molar-refractivity contribution is 5.82. The number of nitrogens with one attached hydrogen (secondary N) is 2. The Kier molecular flexibility index (Phi) is 4.39. The molecule has 80 valence electrons. The summed E-state index contributed by atoms with van der Waals surface area (Å²) in [4.78, 5) is 22.1. The molecule has 1 fully saturated rings. The standard InChI is InChI=1S/C9H16N2O3/c1-14-8(12)4-6-11-9(13)7-3-2-5-10-7/h7,10H,2-6H2,1H3,(H,11,13)/t7-/m0/s1. The lowest BCUT2D eigenvalue weighted by Gasteiger charge is -2.10. The summed E-state index contributed by atoms with van der Waals surface area (Å²) in [6, 6.07) is -0.0763. The molecule has 1 heterocycles. The summed E-state index contributed by atoms with van der Waals surface area (Å²) in [7, 11) is 1.34. The molecule has 14 heavy (non-hydrogen) atoms. The van der Waals surface area contributed by atoms with Crippen molar-refractivity contribution in [2.24, 2.45) is 0 Å². The average molecular weight is 200 g/mol. The number of hydrogen-bond donors (Lipinski definition) is 2. The maximum Gasteiger partial charge on any atom is 0.307 e. The zero-order chi connectivity index (χ0) is 10.4. The first kappa shape index (κ1) is 11.0. The maximum atomic E-state index is 11.4. The van der Waals surface area contributed by atoms with Crippen LogP contribution in [0.3, 0.4) is 0 Å². The van der Waals surface area contributed by atoms with Crippen molar-refractivity contribution in [3.8, 4) is 0 Å². The van der Waals surface area contributed by atoms with Gasteiger partial charge in [-0.05, 0) is 19.4 Å². The van der Waals surface area contributed by atoms with E-state index in [1.165, 1.54) is 7.11 Å².